The zero-order chi connectivity index (χ0) is 17.4. The van der Waals surface area contributed by atoms with Crippen LogP contribution in [0, 0.1) is 17.2 Å². The van der Waals surface area contributed by atoms with E-state index < -0.39 is 0 Å². The van der Waals surface area contributed by atoms with Crippen molar-refractivity contribution in [2.75, 3.05) is 37.7 Å². The van der Waals surface area contributed by atoms with Gasteiger partial charge in [-0.25, -0.2) is 4.39 Å². The lowest BCUT2D eigenvalue weighted by Crippen LogP contribution is -2.39. The van der Waals surface area contributed by atoms with Gasteiger partial charge >= 0.3 is 0 Å². The monoisotopic (exact) mass is 346 g/mol. The van der Waals surface area contributed by atoms with E-state index in [9.17, 15) is 14.0 Å². The second-order valence-corrected chi connectivity index (χ2v) is 7.53. The molecule has 4 rings (SSSR count). The number of carbonyl (C=O) groups excluding carboxylic acids is 2. The highest BCUT2D eigenvalue weighted by Crippen LogP contribution is 2.42. The molecule has 0 radical (unpaired) electrons. The van der Waals surface area contributed by atoms with Crippen molar-refractivity contribution in [2.45, 2.75) is 25.7 Å². The maximum Gasteiger partial charge on any atom is 0.227 e. The fourth-order valence-corrected chi connectivity index (χ4v) is 4.37. The zero-order valence-corrected chi connectivity index (χ0v) is 14.2. The molecule has 3 aliphatic rings. The van der Waals surface area contributed by atoms with Gasteiger partial charge in [0.05, 0.1) is 0 Å². The van der Waals surface area contributed by atoms with Crippen LogP contribution in [0.25, 0.3) is 0 Å². The van der Waals surface area contributed by atoms with Crippen molar-refractivity contribution in [1.82, 2.24) is 4.90 Å². The van der Waals surface area contributed by atoms with E-state index in [-0.39, 0.29) is 29.0 Å². The van der Waals surface area contributed by atoms with E-state index in [0.717, 1.165) is 19.3 Å². The largest absolute Gasteiger partial charge is 0.381 e. The summed E-state index contributed by atoms with van der Waals surface area (Å²) in [5.41, 5.74) is 0.417. The van der Waals surface area contributed by atoms with Crippen molar-refractivity contribution in [1.29, 1.82) is 0 Å². The van der Waals surface area contributed by atoms with Crippen LogP contribution >= 0.6 is 0 Å². The number of anilines is 1. The molecule has 3 heterocycles. The van der Waals surface area contributed by atoms with E-state index >= 15 is 0 Å². The fourth-order valence-electron chi connectivity index (χ4n) is 4.37. The van der Waals surface area contributed by atoms with Gasteiger partial charge in [0.1, 0.15) is 5.82 Å². The Labute approximate surface area is 146 Å². The molecule has 0 aromatic heterocycles. The average Bonchev–Trinajstić information content (AvgIpc) is 3.18. The van der Waals surface area contributed by atoms with Crippen molar-refractivity contribution in [2.24, 2.45) is 11.3 Å². The molecule has 6 heteroatoms. The first-order chi connectivity index (χ1) is 12.1. The number of halogens is 1. The zero-order valence-electron chi connectivity index (χ0n) is 14.2. The second kappa shape index (κ2) is 6.41. The number of likely N-dealkylation sites (tertiary alicyclic amines) is 1. The number of benzene rings is 1. The molecule has 2 amide bonds. The Morgan fingerprint density at radius 1 is 1.24 bits per heavy atom. The Hall–Kier alpha value is -1.95. The van der Waals surface area contributed by atoms with Gasteiger partial charge in [-0.05, 0) is 37.5 Å². The molecule has 1 spiro atoms. The third kappa shape index (κ3) is 3.15. The van der Waals surface area contributed by atoms with Crippen molar-refractivity contribution in [3.8, 4) is 0 Å². The third-order valence-corrected chi connectivity index (χ3v) is 5.76. The summed E-state index contributed by atoms with van der Waals surface area (Å²) < 4.78 is 18.8. The van der Waals surface area contributed by atoms with E-state index in [0.29, 0.717) is 45.0 Å². The van der Waals surface area contributed by atoms with Crippen LogP contribution in [0.1, 0.15) is 25.7 Å². The van der Waals surface area contributed by atoms with Crippen molar-refractivity contribution in [3.05, 3.63) is 30.1 Å². The Kier molecular flexibility index (Phi) is 4.23. The van der Waals surface area contributed by atoms with Gasteiger partial charge in [0.2, 0.25) is 11.8 Å². The first-order valence-electron chi connectivity index (χ1n) is 8.99. The Morgan fingerprint density at radius 2 is 2.04 bits per heavy atom. The maximum atomic E-state index is 13.5. The third-order valence-electron chi connectivity index (χ3n) is 5.76. The van der Waals surface area contributed by atoms with Crippen LogP contribution in [0.3, 0.4) is 0 Å². The summed E-state index contributed by atoms with van der Waals surface area (Å²) >= 11 is 0. The highest BCUT2D eigenvalue weighted by atomic mass is 19.1. The molecule has 3 saturated heterocycles. The quantitative estimate of drug-likeness (QED) is 0.825. The molecule has 3 aliphatic heterocycles. The number of nitrogens with zero attached hydrogens (tertiary/aromatic N) is 2. The highest BCUT2D eigenvalue weighted by Gasteiger charge is 2.49. The lowest BCUT2D eigenvalue weighted by Gasteiger charge is -2.28. The van der Waals surface area contributed by atoms with Crippen molar-refractivity contribution < 1.29 is 18.7 Å². The number of ether oxygens (including phenoxy) is 1. The number of hydrogen-bond donors (Lipinski definition) is 0. The molecule has 0 N–H and O–H groups in total. The Balaban J connectivity index is 1.45. The SMILES string of the molecule is O=C(C1CCOCC1)N1CC[C@]2(CC(=O)N(c3cccc(F)c3)C2)C1. The van der Waals surface area contributed by atoms with Gasteiger partial charge in [0.25, 0.3) is 0 Å². The topological polar surface area (TPSA) is 49.9 Å². The summed E-state index contributed by atoms with van der Waals surface area (Å²) in [6.45, 7) is 3.20. The second-order valence-electron chi connectivity index (χ2n) is 7.53. The maximum absolute atomic E-state index is 13.5. The van der Waals surface area contributed by atoms with E-state index in [1.165, 1.54) is 12.1 Å². The first kappa shape index (κ1) is 16.5. The van der Waals surface area contributed by atoms with Gasteiger partial charge in [-0.1, -0.05) is 6.07 Å². The molecule has 0 bridgehead atoms. The number of hydrogen-bond acceptors (Lipinski definition) is 3. The summed E-state index contributed by atoms with van der Waals surface area (Å²) in [5.74, 6) is -0.0582. The fraction of sp³-hybridized carbons (Fsp3) is 0.579. The van der Waals surface area contributed by atoms with Crippen LogP contribution in [0.2, 0.25) is 0 Å². The van der Waals surface area contributed by atoms with Crippen LogP contribution < -0.4 is 4.90 Å². The summed E-state index contributed by atoms with van der Waals surface area (Å²) in [4.78, 5) is 28.9. The predicted octanol–water partition coefficient (Wildman–Crippen LogP) is 2.21. The first-order valence-corrected chi connectivity index (χ1v) is 8.99. The van der Waals surface area contributed by atoms with E-state index in [4.69, 9.17) is 4.74 Å². The smallest absolute Gasteiger partial charge is 0.227 e. The Bertz CT molecular complexity index is 689. The van der Waals surface area contributed by atoms with Crippen LogP contribution in [0.4, 0.5) is 10.1 Å². The van der Waals surface area contributed by atoms with Crippen LogP contribution in [0.5, 0.6) is 0 Å². The van der Waals surface area contributed by atoms with Gasteiger partial charge in [0.15, 0.2) is 0 Å². The van der Waals surface area contributed by atoms with Crippen molar-refractivity contribution in [3.63, 3.8) is 0 Å². The molecule has 0 aliphatic carbocycles. The van der Waals surface area contributed by atoms with Crippen LogP contribution in [-0.2, 0) is 14.3 Å². The van der Waals surface area contributed by atoms with Gasteiger partial charge in [0, 0.05) is 56.3 Å². The van der Waals surface area contributed by atoms with Crippen LogP contribution in [0.15, 0.2) is 24.3 Å². The lowest BCUT2D eigenvalue weighted by molar-refractivity contribution is -0.138. The molecule has 5 nitrogen and oxygen atoms in total. The van der Waals surface area contributed by atoms with Gasteiger partial charge < -0.3 is 14.5 Å². The standard InChI is InChI=1S/C19H23FN2O3/c20-15-2-1-3-16(10-15)22-13-19(11-17(22)23)6-7-21(12-19)18(24)14-4-8-25-9-5-14/h1-3,10,14H,4-9,11-13H2/t19-/m0/s1. The molecular weight excluding hydrogens is 323 g/mol. The molecule has 1 aromatic rings. The number of carbonyl (C=O) groups is 2. The van der Waals surface area contributed by atoms with Gasteiger partial charge in [-0.2, -0.15) is 0 Å². The van der Waals surface area contributed by atoms with Gasteiger partial charge in [-0.15, -0.1) is 0 Å². The van der Waals surface area contributed by atoms with E-state index in [1.54, 1.807) is 17.0 Å². The minimum Gasteiger partial charge on any atom is -0.381 e. The summed E-state index contributed by atoms with van der Waals surface area (Å²) in [7, 11) is 0. The van der Waals surface area contributed by atoms with Gasteiger partial charge in [-0.3, -0.25) is 9.59 Å². The molecule has 1 aromatic carbocycles. The predicted molar refractivity (Wildman–Crippen MR) is 90.5 cm³/mol. The summed E-state index contributed by atoms with van der Waals surface area (Å²) in [6, 6.07) is 6.17. The molecule has 25 heavy (non-hydrogen) atoms. The normalized spacial score (nSPS) is 27.5. The molecule has 0 unspecified atom stereocenters. The number of amides is 2. The highest BCUT2D eigenvalue weighted by molar-refractivity contribution is 5.96. The molecule has 3 fully saturated rings. The molecule has 0 saturated carbocycles. The summed E-state index contributed by atoms with van der Waals surface area (Å²) in [6.07, 6.45) is 2.84. The Morgan fingerprint density at radius 3 is 2.80 bits per heavy atom. The van der Waals surface area contributed by atoms with E-state index in [2.05, 4.69) is 0 Å². The minimum atomic E-state index is -0.339. The minimum absolute atomic E-state index is 0.0194. The van der Waals surface area contributed by atoms with Crippen LogP contribution in [-0.4, -0.2) is 49.6 Å². The average molecular weight is 346 g/mol. The molecule has 134 valence electrons. The number of rotatable bonds is 2. The molecule has 1 atom stereocenters. The van der Waals surface area contributed by atoms with E-state index in [1.807, 2.05) is 4.90 Å². The molecular formula is C19H23FN2O3. The van der Waals surface area contributed by atoms with Crippen molar-refractivity contribution >= 4 is 17.5 Å². The summed E-state index contributed by atoms with van der Waals surface area (Å²) in [5, 5.41) is 0. The lowest BCUT2D eigenvalue weighted by atomic mass is 9.86.